The molecule has 1 atom stereocenters. The second-order valence-electron chi connectivity index (χ2n) is 7.87. The quantitative estimate of drug-likeness (QED) is 0.696. The Kier molecular flexibility index (Phi) is 6.04. The fourth-order valence-electron chi connectivity index (χ4n) is 3.79. The van der Waals surface area contributed by atoms with Crippen molar-refractivity contribution in [2.24, 2.45) is 0 Å². The maximum absolute atomic E-state index is 13.2. The minimum Gasteiger partial charge on any atom is -0.344 e. The first-order valence-electron chi connectivity index (χ1n) is 10.0. The van der Waals surface area contributed by atoms with Gasteiger partial charge in [0, 0.05) is 43.6 Å². The molecule has 30 heavy (non-hydrogen) atoms. The van der Waals surface area contributed by atoms with E-state index in [0.29, 0.717) is 19.6 Å². The topological polar surface area (TPSA) is 66.4 Å². The molecular weight excluding hydrogens is 423 g/mol. The average molecular weight is 449 g/mol. The number of sulfonamides is 1. The van der Waals surface area contributed by atoms with Crippen molar-refractivity contribution in [3.05, 3.63) is 59.2 Å². The Labute approximate surface area is 181 Å². The molecule has 2 aromatic rings. The van der Waals surface area contributed by atoms with E-state index in [2.05, 4.69) is 28.3 Å². The predicted octanol–water partition coefficient (Wildman–Crippen LogP) is 3.79. The molecule has 6 nitrogen and oxygen atoms in total. The number of anilines is 1. The second-order valence-corrected chi connectivity index (χ2v) is 10.5. The van der Waals surface area contributed by atoms with Gasteiger partial charge in [-0.05, 0) is 51.0 Å². The number of hydrogen-bond acceptors (Lipinski definition) is 6. The van der Waals surface area contributed by atoms with Gasteiger partial charge < -0.3 is 4.90 Å². The third-order valence-electron chi connectivity index (χ3n) is 5.54. The molecule has 0 spiro atoms. The van der Waals surface area contributed by atoms with Crippen molar-refractivity contribution in [2.75, 3.05) is 24.5 Å². The van der Waals surface area contributed by atoms with Crippen LogP contribution in [-0.2, 0) is 16.4 Å². The highest BCUT2D eigenvalue weighted by atomic mass is 32.2. The smallest absolute Gasteiger partial charge is 0.243 e. The highest BCUT2D eigenvalue weighted by Gasteiger charge is 2.34. The lowest BCUT2D eigenvalue weighted by Crippen LogP contribution is -2.54. The Morgan fingerprint density at radius 2 is 1.93 bits per heavy atom. The fourth-order valence-corrected chi connectivity index (χ4v) is 6.13. The van der Waals surface area contributed by atoms with Gasteiger partial charge in [-0.3, -0.25) is 0 Å². The zero-order chi connectivity index (χ0) is 21.3. The largest absolute Gasteiger partial charge is 0.344 e. The first-order chi connectivity index (χ1) is 14.3. The van der Waals surface area contributed by atoms with E-state index in [0.717, 1.165) is 30.2 Å². The molecule has 0 N–H and O–H groups in total. The van der Waals surface area contributed by atoms with Crippen LogP contribution in [0.4, 0.5) is 9.52 Å². The van der Waals surface area contributed by atoms with Crippen molar-refractivity contribution in [1.29, 1.82) is 0 Å². The summed E-state index contributed by atoms with van der Waals surface area (Å²) in [5.41, 5.74) is 2.74. The molecule has 0 amide bonds. The molecule has 0 bridgehead atoms. The van der Waals surface area contributed by atoms with Gasteiger partial charge in [-0.2, -0.15) is 8.68 Å². The number of rotatable bonds is 5. The van der Waals surface area contributed by atoms with E-state index >= 15 is 0 Å². The summed E-state index contributed by atoms with van der Waals surface area (Å²) in [4.78, 5) is 6.92. The third-order valence-corrected chi connectivity index (χ3v) is 8.39. The van der Waals surface area contributed by atoms with E-state index in [9.17, 15) is 12.8 Å². The Morgan fingerprint density at radius 3 is 2.60 bits per heavy atom. The van der Waals surface area contributed by atoms with E-state index in [4.69, 9.17) is 4.98 Å². The molecule has 2 aliphatic rings. The molecule has 1 aromatic heterocycles. The Morgan fingerprint density at radius 1 is 1.17 bits per heavy atom. The summed E-state index contributed by atoms with van der Waals surface area (Å²) in [6.07, 6.45) is 7.22. The summed E-state index contributed by atoms with van der Waals surface area (Å²) < 4.78 is 45.1. The number of benzene rings is 1. The summed E-state index contributed by atoms with van der Waals surface area (Å²) in [6.45, 7) is 5.47. The lowest BCUT2D eigenvalue weighted by Gasteiger charge is -2.38. The van der Waals surface area contributed by atoms with Crippen molar-refractivity contribution in [1.82, 2.24) is 13.7 Å². The van der Waals surface area contributed by atoms with Crippen LogP contribution in [0.25, 0.3) is 0 Å². The Bertz CT molecular complexity index is 1080. The molecule has 1 fully saturated rings. The maximum Gasteiger partial charge on any atom is 0.243 e. The molecule has 1 unspecified atom stereocenters. The lowest BCUT2D eigenvalue weighted by molar-refractivity contribution is 0.306. The molecule has 2 heterocycles. The molecule has 0 radical (unpaired) electrons. The lowest BCUT2D eigenvalue weighted by atomic mass is 9.97. The van der Waals surface area contributed by atoms with Crippen LogP contribution in [0.1, 0.15) is 32.5 Å². The van der Waals surface area contributed by atoms with E-state index in [-0.39, 0.29) is 10.9 Å². The van der Waals surface area contributed by atoms with E-state index < -0.39 is 15.8 Å². The first kappa shape index (κ1) is 21.1. The standard InChI is InChI=1S/C21H25FN4O2S2/c1-15-3-5-17(6-4-15)13-20-23-21(29-24-20)25-11-12-26(16(2)14-25)30(27,28)19-9-7-18(22)8-10-19/h3,5,7-10,16H,4,6,11-14H2,1-2H3. The first-order valence-corrected chi connectivity index (χ1v) is 12.2. The molecule has 4 rings (SSSR count). The average Bonchev–Trinajstić information content (AvgIpc) is 3.18. The van der Waals surface area contributed by atoms with Crippen LogP contribution in [-0.4, -0.2) is 47.8 Å². The molecule has 1 aliphatic heterocycles. The second kappa shape index (κ2) is 8.56. The van der Waals surface area contributed by atoms with Crippen LogP contribution < -0.4 is 4.90 Å². The number of halogens is 1. The van der Waals surface area contributed by atoms with E-state index in [1.54, 1.807) is 0 Å². The molecule has 0 saturated carbocycles. The minimum absolute atomic E-state index is 0.118. The molecule has 1 aliphatic carbocycles. The molecule has 1 aromatic carbocycles. The zero-order valence-corrected chi connectivity index (χ0v) is 18.7. The van der Waals surface area contributed by atoms with Gasteiger partial charge in [0.05, 0.1) is 4.90 Å². The maximum atomic E-state index is 13.2. The zero-order valence-electron chi connectivity index (χ0n) is 17.1. The predicted molar refractivity (Wildman–Crippen MR) is 117 cm³/mol. The SMILES string of the molecule is CC1=CC=C(Cc2nsc(N3CCN(S(=O)(=O)c4ccc(F)cc4)C(C)C3)n2)CC1. The van der Waals surface area contributed by atoms with Crippen LogP contribution in [0.5, 0.6) is 0 Å². The van der Waals surface area contributed by atoms with Gasteiger partial charge in [0.2, 0.25) is 15.2 Å². The normalized spacial score (nSPS) is 20.8. The Hall–Kier alpha value is -2.10. The molecule has 160 valence electrons. The summed E-state index contributed by atoms with van der Waals surface area (Å²) in [6, 6.07) is 4.76. The van der Waals surface area contributed by atoms with Crippen molar-refractivity contribution in [2.45, 2.75) is 44.0 Å². The van der Waals surface area contributed by atoms with Gasteiger partial charge in [-0.25, -0.2) is 17.8 Å². The Balaban J connectivity index is 1.42. The van der Waals surface area contributed by atoms with Crippen molar-refractivity contribution in [3.63, 3.8) is 0 Å². The van der Waals surface area contributed by atoms with Gasteiger partial charge in [-0.15, -0.1) is 0 Å². The van der Waals surface area contributed by atoms with Crippen molar-refractivity contribution >= 4 is 26.7 Å². The van der Waals surface area contributed by atoms with Crippen LogP contribution >= 0.6 is 11.5 Å². The summed E-state index contributed by atoms with van der Waals surface area (Å²) in [5.74, 6) is 0.372. The molecular formula is C21H25FN4O2S2. The van der Waals surface area contributed by atoms with Gasteiger partial charge in [0.15, 0.2) is 0 Å². The highest BCUT2D eigenvalue weighted by Crippen LogP contribution is 2.27. The minimum atomic E-state index is -3.66. The van der Waals surface area contributed by atoms with Crippen LogP contribution in [0.2, 0.25) is 0 Å². The number of hydrogen-bond donors (Lipinski definition) is 0. The fraction of sp³-hybridized carbons (Fsp3) is 0.429. The summed E-state index contributed by atoms with van der Waals surface area (Å²) in [5, 5.41) is 0.832. The molecule has 1 saturated heterocycles. The van der Waals surface area contributed by atoms with Gasteiger partial charge in [0.1, 0.15) is 11.6 Å². The highest BCUT2D eigenvalue weighted by molar-refractivity contribution is 7.89. The van der Waals surface area contributed by atoms with Crippen LogP contribution in [0, 0.1) is 5.82 Å². The van der Waals surface area contributed by atoms with Crippen molar-refractivity contribution < 1.29 is 12.8 Å². The van der Waals surface area contributed by atoms with Gasteiger partial charge in [-0.1, -0.05) is 23.3 Å². The van der Waals surface area contributed by atoms with Gasteiger partial charge in [0.25, 0.3) is 0 Å². The van der Waals surface area contributed by atoms with Crippen LogP contribution in [0.3, 0.4) is 0 Å². The van der Waals surface area contributed by atoms with E-state index in [1.165, 1.54) is 51.2 Å². The number of nitrogens with zero attached hydrogens (tertiary/aromatic N) is 4. The summed E-state index contributed by atoms with van der Waals surface area (Å²) in [7, 11) is -3.66. The molecule has 9 heteroatoms. The monoisotopic (exact) mass is 448 g/mol. The third kappa shape index (κ3) is 4.48. The number of aromatic nitrogens is 2. The number of allylic oxidation sites excluding steroid dienone is 4. The van der Waals surface area contributed by atoms with Crippen LogP contribution in [0.15, 0.2) is 52.5 Å². The summed E-state index contributed by atoms with van der Waals surface area (Å²) >= 11 is 1.37. The van der Waals surface area contributed by atoms with Crippen molar-refractivity contribution in [3.8, 4) is 0 Å². The van der Waals surface area contributed by atoms with Gasteiger partial charge >= 0.3 is 0 Å². The van der Waals surface area contributed by atoms with E-state index in [1.807, 2.05) is 6.92 Å². The number of piperazine rings is 1.